The van der Waals surface area contributed by atoms with Crippen LogP contribution in [0.25, 0.3) is 0 Å². The molecule has 0 aliphatic heterocycles. The molecule has 3 heteroatoms. The zero-order chi connectivity index (χ0) is 24.2. The summed E-state index contributed by atoms with van der Waals surface area (Å²) in [5.41, 5.74) is 1.35. The highest BCUT2D eigenvalue weighted by atomic mass is 16.4. The van der Waals surface area contributed by atoms with Crippen molar-refractivity contribution in [1.82, 2.24) is 0 Å². The molecule has 5 aliphatic rings. The van der Waals surface area contributed by atoms with Crippen LogP contribution in [0.15, 0.2) is 12.2 Å². The van der Waals surface area contributed by atoms with E-state index in [1.165, 1.54) is 31.3 Å². The second kappa shape index (κ2) is 7.11. The van der Waals surface area contributed by atoms with E-state index in [0.717, 1.165) is 38.5 Å². The zero-order valence-corrected chi connectivity index (χ0v) is 22.0. The predicted molar refractivity (Wildman–Crippen MR) is 133 cm³/mol. The van der Waals surface area contributed by atoms with Crippen LogP contribution in [-0.2, 0) is 4.79 Å². The normalized spacial score (nSPS) is 55.0. The molecule has 0 aromatic rings. The molecule has 5 aliphatic carbocycles. The molecular formula is C30H48O3. The zero-order valence-electron chi connectivity index (χ0n) is 22.0. The SMILES string of the molecule is C=C(C)C1CC[C@]2(C(=O)O)CC[C@]3(C)[C@H](CCC4[C@@]5(C)CC[C@H](O)C(C)(C)[C@@H]5CC[C@]43C)[C@@H]12. The van der Waals surface area contributed by atoms with E-state index in [9.17, 15) is 15.0 Å². The molecule has 0 spiro atoms. The van der Waals surface area contributed by atoms with Gasteiger partial charge in [0.2, 0.25) is 0 Å². The summed E-state index contributed by atoms with van der Waals surface area (Å²) in [4.78, 5) is 12.8. The van der Waals surface area contributed by atoms with Crippen LogP contribution in [0.5, 0.6) is 0 Å². The van der Waals surface area contributed by atoms with Gasteiger partial charge < -0.3 is 10.2 Å². The molecular weight excluding hydrogens is 408 g/mol. The number of carboxylic acid groups (broad SMARTS) is 1. The number of aliphatic hydroxyl groups excluding tert-OH is 1. The number of hydrogen-bond donors (Lipinski definition) is 2. The lowest BCUT2D eigenvalue weighted by molar-refractivity contribution is -0.248. The van der Waals surface area contributed by atoms with Gasteiger partial charge in [0.05, 0.1) is 11.5 Å². The third kappa shape index (κ3) is 2.75. The Balaban J connectivity index is 1.57. The van der Waals surface area contributed by atoms with Crippen molar-refractivity contribution in [3.05, 3.63) is 12.2 Å². The van der Waals surface area contributed by atoms with Crippen molar-refractivity contribution in [2.75, 3.05) is 0 Å². The Bertz CT molecular complexity index is 861. The van der Waals surface area contributed by atoms with Crippen LogP contribution in [-0.4, -0.2) is 22.3 Å². The fourth-order valence-corrected chi connectivity index (χ4v) is 11.5. The van der Waals surface area contributed by atoms with E-state index in [1.807, 2.05) is 0 Å². The van der Waals surface area contributed by atoms with Crippen LogP contribution in [0.1, 0.15) is 106 Å². The van der Waals surface area contributed by atoms with Gasteiger partial charge in [-0.2, -0.15) is 0 Å². The molecule has 5 rings (SSSR count). The lowest BCUT2D eigenvalue weighted by Crippen LogP contribution is -2.67. The summed E-state index contributed by atoms with van der Waals surface area (Å²) in [7, 11) is 0. The van der Waals surface area contributed by atoms with Crippen molar-refractivity contribution >= 4 is 5.97 Å². The Kier molecular flexibility index (Phi) is 5.15. The first-order valence-corrected chi connectivity index (χ1v) is 13.8. The topological polar surface area (TPSA) is 57.5 Å². The van der Waals surface area contributed by atoms with E-state index in [1.54, 1.807) is 0 Å². The van der Waals surface area contributed by atoms with Crippen LogP contribution in [0.3, 0.4) is 0 Å². The lowest BCUT2D eigenvalue weighted by Gasteiger charge is -2.72. The molecule has 0 aromatic carbocycles. The molecule has 0 aromatic heterocycles. The van der Waals surface area contributed by atoms with Crippen LogP contribution in [0, 0.1) is 56.7 Å². The Hall–Kier alpha value is -0.830. The third-order valence-corrected chi connectivity index (χ3v) is 13.5. The van der Waals surface area contributed by atoms with Crippen molar-refractivity contribution in [1.29, 1.82) is 0 Å². The number of hydrogen-bond acceptors (Lipinski definition) is 2. The second-order valence-electron chi connectivity index (χ2n) is 14.5. The van der Waals surface area contributed by atoms with E-state index in [2.05, 4.69) is 48.1 Å². The molecule has 33 heavy (non-hydrogen) atoms. The van der Waals surface area contributed by atoms with Gasteiger partial charge in [0, 0.05) is 0 Å². The Labute approximate surface area is 201 Å². The summed E-state index contributed by atoms with van der Waals surface area (Å²) in [5, 5.41) is 21.4. The summed E-state index contributed by atoms with van der Waals surface area (Å²) in [6.45, 7) is 18.8. The number of allylic oxidation sites excluding steroid dienone is 1. The van der Waals surface area contributed by atoms with Crippen molar-refractivity contribution in [3.8, 4) is 0 Å². The molecule has 0 radical (unpaired) electrons. The average molecular weight is 457 g/mol. The van der Waals surface area contributed by atoms with Crippen LogP contribution in [0.4, 0.5) is 0 Å². The smallest absolute Gasteiger partial charge is 0.309 e. The number of rotatable bonds is 2. The summed E-state index contributed by atoms with van der Waals surface area (Å²) in [6, 6.07) is 0. The van der Waals surface area contributed by atoms with Crippen molar-refractivity contribution in [2.24, 2.45) is 56.7 Å². The Morgan fingerprint density at radius 2 is 1.52 bits per heavy atom. The van der Waals surface area contributed by atoms with Gasteiger partial charge in [0.1, 0.15) is 0 Å². The Morgan fingerprint density at radius 1 is 0.818 bits per heavy atom. The van der Waals surface area contributed by atoms with Gasteiger partial charge in [0.25, 0.3) is 0 Å². The van der Waals surface area contributed by atoms with Gasteiger partial charge in [-0.25, -0.2) is 0 Å². The van der Waals surface area contributed by atoms with Gasteiger partial charge >= 0.3 is 5.97 Å². The molecule has 0 amide bonds. The highest BCUT2D eigenvalue weighted by molar-refractivity contribution is 5.76. The third-order valence-electron chi connectivity index (χ3n) is 13.5. The van der Waals surface area contributed by atoms with Crippen molar-refractivity contribution in [3.63, 3.8) is 0 Å². The van der Waals surface area contributed by atoms with E-state index < -0.39 is 11.4 Å². The van der Waals surface area contributed by atoms with Crippen molar-refractivity contribution in [2.45, 2.75) is 112 Å². The monoisotopic (exact) mass is 456 g/mol. The lowest BCUT2D eigenvalue weighted by atomic mass is 9.32. The average Bonchev–Trinajstić information content (AvgIpc) is 3.13. The molecule has 2 N–H and O–H groups in total. The van der Waals surface area contributed by atoms with Gasteiger partial charge in [0.15, 0.2) is 0 Å². The first-order chi connectivity index (χ1) is 15.3. The van der Waals surface area contributed by atoms with Crippen LogP contribution < -0.4 is 0 Å². The molecule has 3 nitrogen and oxygen atoms in total. The summed E-state index contributed by atoms with van der Waals surface area (Å²) in [6.07, 6.45) is 10.5. The molecule has 0 heterocycles. The standard InChI is InChI=1S/C30H48O3/c1-18(2)19-10-15-30(25(32)33)17-16-28(6)20(24(19)30)8-9-22-27(5)13-12-23(31)26(3,4)21(27)11-14-29(22,28)7/h19-24,31H,1,8-17H2,2-7H3,(H,32,33)/t19?,20-,21+,22?,23+,24-,27+,28-,29-,30+/m1/s1. The van der Waals surface area contributed by atoms with Crippen molar-refractivity contribution < 1.29 is 15.0 Å². The Morgan fingerprint density at radius 3 is 2.15 bits per heavy atom. The van der Waals surface area contributed by atoms with E-state index >= 15 is 0 Å². The fraction of sp³-hybridized carbons (Fsp3) is 0.900. The molecule has 2 unspecified atom stereocenters. The second-order valence-corrected chi connectivity index (χ2v) is 14.5. The van der Waals surface area contributed by atoms with Gasteiger partial charge in [-0.15, -0.1) is 0 Å². The molecule has 5 fully saturated rings. The van der Waals surface area contributed by atoms with Crippen LogP contribution in [0.2, 0.25) is 0 Å². The summed E-state index contributed by atoms with van der Waals surface area (Å²) >= 11 is 0. The fourth-order valence-electron chi connectivity index (χ4n) is 11.5. The number of fused-ring (bicyclic) bond motifs is 7. The number of aliphatic hydroxyl groups is 1. The molecule has 10 atom stereocenters. The van der Waals surface area contributed by atoms with Gasteiger partial charge in [-0.05, 0) is 122 Å². The first kappa shape index (κ1) is 23.9. The van der Waals surface area contributed by atoms with Gasteiger partial charge in [-0.3, -0.25) is 4.79 Å². The maximum atomic E-state index is 12.8. The number of aliphatic carboxylic acids is 1. The van der Waals surface area contributed by atoms with E-state index in [0.29, 0.717) is 23.7 Å². The predicted octanol–water partition coefficient (Wildman–Crippen LogP) is 7.09. The quantitative estimate of drug-likeness (QED) is 0.436. The van der Waals surface area contributed by atoms with Gasteiger partial charge in [-0.1, -0.05) is 46.8 Å². The molecule has 0 saturated heterocycles. The van der Waals surface area contributed by atoms with E-state index in [4.69, 9.17) is 0 Å². The molecule has 0 bridgehead atoms. The highest BCUT2D eigenvalue weighted by Gasteiger charge is 2.71. The number of carboxylic acids is 1. The molecule has 5 saturated carbocycles. The largest absolute Gasteiger partial charge is 0.481 e. The minimum Gasteiger partial charge on any atom is -0.481 e. The summed E-state index contributed by atoms with van der Waals surface area (Å²) < 4.78 is 0. The number of carbonyl (C=O) groups is 1. The highest BCUT2D eigenvalue weighted by Crippen LogP contribution is 2.77. The maximum Gasteiger partial charge on any atom is 0.309 e. The maximum absolute atomic E-state index is 12.8. The molecule has 186 valence electrons. The van der Waals surface area contributed by atoms with Crippen LogP contribution >= 0.6 is 0 Å². The minimum absolute atomic E-state index is 0.0202. The minimum atomic E-state index is -0.538. The summed E-state index contributed by atoms with van der Waals surface area (Å²) in [5.74, 6) is 1.79. The van der Waals surface area contributed by atoms with E-state index in [-0.39, 0.29) is 33.7 Å². The first-order valence-electron chi connectivity index (χ1n) is 13.8.